The van der Waals surface area contributed by atoms with E-state index < -0.39 is 11.8 Å². The Labute approximate surface area is 173 Å². The van der Waals surface area contributed by atoms with Crippen molar-refractivity contribution in [3.05, 3.63) is 57.6 Å². The molecule has 0 spiro atoms. The van der Waals surface area contributed by atoms with Crippen molar-refractivity contribution in [2.75, 3.05) is 11.9 Å². The summed E-state index contributed by atoms with van der Waals surface area (Å²) in [5.74, 6) is -0.214. The van der Waals surface area contributed by atoms with Crippen LogP contribution in [0.5, 0.6) is 5.75 Å². The molecule has 148 valence electrons. The Morgan fingerprint density at radius 2 is 1.93 bits per heavy atom. The van der Waals surface area contributed by atoms with Crippen molar-refractivity contribution in [1.82, 2.24) is 5.43 Å². The topological polar surface area (TPSA) is 79.8 Å². The molecule has 0 aliphatic carbocycles. The number of hydrogen-bond donors (Lipinski definition) is 2. The Morgan fingerprint density at radius 1 is 1.14 bits per heavy atom. The van der Waals surface area contributed by atoms with Crippen molar-refractivity contribution in [3.63, 3.8) is 0 Å². The number of hydrazone groups is 1. The van der Waals surface area contributed by atoms with Crippen molar-refractivity contribution in [1.29, 1.82) is 0 Å². The first-order valence-corrected chi connectivity index (χ1v) is 9.79. The van der Waals surface area contributed by atoms with E-state index in [1.54, 1.807) is 0 Å². The number of benzene rings is 2. The smallest absolute Gasteiger partial charge is 0.249 e. The molecule has 0 bridgehead atoms. The SMILES string of the molecule is CCCOc1ccc(Br)cc1C=NNC(=O)CC(=O)Nc1ccc(C)cc1C. The normalized spacial score (nSPS) is 10.7. The number of halogens is 1. The molecule has 0 aliphatic rings. The molecule has 2 aromatic carbocycles. The number of rotatable bonds is 8. The molecule has 2 N–H and O–H groups in total. The Kier molecular flexibility index (Phi) is 8.19. The van der Waals surface area contributed by atoms with E-state index in [1.165, 1.54) is 6.21 Å². The third-order valence-corrected chi connectivity index (χ3v) is 4.30. The van der Waals surface area contributed by atoms with Crippen LogP contribution < -0.4 is 15.5 Å². The van der Waals surface area contributed by atoms with Gasteiger partial charge in [-0.15, -0.1) is 0 Å². The van der Waals surface area contributed by atoms with Gasteiger partial charge in [0.1, 0.15) is 12.2 Å². The number of carbonyl (C=O) groups excluding carboxylic acids is 2. The van der Waals surface area contributed by atoms with Crippen molar-refractivity contribution < 1.29 is 14.3 Å². The van der Waals surface area contributed by atoms with Gasteiger partial charge in [0, 0.05) is 15.7 Å². The van der Waals surface area contributed by atoms with E-state index in [0.717, 1.165) is 27.6 Å². The van der Waals surface area contributed by atoms with E-state index in [-0.39, 0.29) is 6.42 Å². The van der Waals surface area contributed by atoms with Crippen molar-refractivity contribution in [2.45, 2.75) is 33.6 Å². The molecule has 0 fully saturated rings. The summed E-state index contributed by atoms with van der Waals surface area (Å²) in [5, 5.41) is 6.67. The van der Waals surface area contributed by atoms with Crippen LogP contribution in [0.4, 0.5) is 5.69 Å². The van der Waals surface area contributed by atoms with Gasteiger partial charge >= 0.3 is 0 Å². The van der Waals surface area contributed by atoms with E-state index in [4.69, 9.17) is 4.74 Å². The van der Waals surface area contributed by atoms with Gasteiger partial charge in [-0.1, -0.05) is 40.5 Å². The van der Waals surface area contributed by atoms with Gasteiger partial charge in [0.25, 0.3) is 0 Å². The molecule has 0 saturated carbocycles. The molecule has 2 rings (SSSR count). The lowest BCUT2D eigenvalue weighted by Crippen LogP contribution is -2.24. The van der Waals surface area contributed by atoms with E-state index in [0.29, 0.717) is 18.0 Å². The summed E-state index contributed by atoms with van der Waals surface area (Å²) in [5.41, 5.74) is 5.85. The summed E-state index contributed by atoms with van der Waals surface area (Å²) in [6.45, 7) is 6.50. The van der Waals surface area contributed by atoms with Crippen molar-refractivity contribution in [3.8, 4) is 5.75 Å². The summed E-state index contributed by atoms with van der Waals surface area (Å²) < 4.78 is 6.53. The van der Waals surface area contributed by atoms with Crippen LogP contribution in [-0.4, -0.2) is 24.6 Å². The summed E-state index contributed by atoms with van der Waals surface area (Å²) >= 11 is 3.40. The minimum atomic E-state index is -0.496. The Hall–Kier alpha value is -2.67. The Balaban J connectivity index is 1.91. The molecule has 0 saturated heterocycles. The van der Waals surface area contributed by atoms with Crippen LogP contribution in [0.2, 0.25) is 0 Å². The van der Waals surface area contributed by atoms with Crippen molar-refractivity contribution in [2.24, 2.45) is 5.10 Å². The second-order valence-corrected chi connectivity index (χ2v) is 7.28. The lowest BCUT2D eigenvalue weighted by atomic mass is 10.1. The maximum absolute atomic E-state index is 12.1. The molecule has 0 atom stereocenters. The average molecular weight is 446 g/mol. The number of aryl methyl sites for hydroxylation is 2. The number of nitrogens with one attached hydrogen (secondary N) is 2. The van der Waals surface area contributed by atoms with Crippen LogP contribution in [0.3, 0.4) is 0 Å². The van der Waals surface area contributed by atoms with Gasteiger partial charge in [-0.3, -0.25) is 9.59 Å². The van der Waals surface area contributed by atoms with Gasteiger partial charge in [0.15, 0.2) is 0 Å². The van der Waals surface area contributed by atoms with Gasteiger partial charge in [0.2, 0.25) is 11.8 Å². The summed E-state index contributed by atoms with van der Waals surface area (Å²) in [6.07, 6.45) is 2.07. The monoisotopic (exact) mass is 445 g/mol. The van der Waals surface area contributed by atoms with Gasteiger partial charge < -0.3 is 10.1 Å². The third kappa shape index (κ3) is 6.81. The van der Waals surface area contributed by atoms with Crippen LogP contribution in [0, 0.1) is 13.8 Å². The largest absolute Gasteiger partial charge is 0.493 e. The number of ether oxygens (including phenoxy) is 1. The minimum Gasteiger partial charge on any atom is -0.493 e. The molecule has 28 heavy (non-hydrogen) atoms. The second-order valence-electron chi connectivity index (χ2n) is 6.37. The molecule has 7 heteroatoms. The molecule has 0 radical (unpaired) electrons. The molecule has 2 amide bonds. The zero-order valence-corrected chi connectivity index (χ0v) is 17.8. The van der Waals surface area contributed by atoms with Crippen LogP contribution in [0.1, 0.15) is 36.5 Å². The van der Waals surface area contributed by atoms with Crippen LogP contribution >= 0.6 is 15.9 Å². The lowest BCUT2D eigenvalue weighted by molar-refractivity contribution is -0.126. The average Bonchev–Trinajstić information content (AvgIpc) is 2.63. The quantitative estimate of drug-likeness (QED) is 0.360. The lowest BCUT2D eigenvalue weighted by Gasteiger charge is -2.09. The summed E-state index contributed by atoms with van der Waals surface area (Å²) in [7, 11) is 0. The number of nitrogens with zero attached hydrogens (tertiary/aromatic N) is 1. The first-order chi connectivity index (χ1) is 13.4. The first-order valence-electron chi connectivity index (χ1n) is 9.00. The molecule has 0 heterocycles. The molecule has 0 aliphatic heterocycles. The fourth-order valence-electron chi connectivity index (χ4n) is 2.47. The molecular formula is C21H24BrN3O3. The summed E-state index contributed by atoms with van der Waals surface area (Å²) in [4.78, 5) is 24.0. The van der Waals surface area contributed by atoms with E-state index in [1.807, 2.05) is 57.2 Å². The van der Waals surface area contributed by atoms with Gasteiger partial charge in [0.05, 0.1) is 12.8 Å². The predicted molar refractivity (Wildman–Crippen MR) is 115 cm³/mol. The molecular weight excluding hydrogens is 422 g/mol. The van der Waals surface area contributed by atoms with Crippen LogP contribution in [0.15, 0.2) is 46.0 Å². The highest BCUT2D eigenvalue weighted by molar-refractivity contribution is 9.10. The molecule has 6 nitrogen and oxygen atoms in total. The summed E-state index contributed by atoms with van der Waals surface area (Å²) in [6, 6.07) is 11.2. The minimum absolute atomic E-state index is 0.317. The number of carbonyl (C=O) groups is 2. The number of anilines is 1. The Bertz CT molecular complexity index is 881. The number of hydrogen-bond acceptors (Lipinski definition) is 4. The van der Waals surface area contributed by atoms with E-state index in [2.05, 4.69) is 31.8 Å². The standard InChI is InChI=1S/C21H24BrN3O3/c1-4-9-28-19-8-6-17(22)11-16(19)13-23-25-21(27)12-20(26)24-18-7-5-14(2)10-15(18)3/h5-8,10-11,13H,4,9,12H2,1-3H3,(H,24,26)(H,25,27). The fraction of sp³-hybridized carbons (Fsp3) is 0.286. The maximum Gasteiger partial charge on any atom is 0.249 e. The first kappa shape index (κ1) is 21.6. The van der Waals surface area contributed by atoms with E-state index >= 15 is 0 Å². The second kappa shape index (κ2) is 10.6. The maximum atomic E-state index is 12.1. The molecule has 0 aromatic heterocycles. The fourth-order valence-corrected chi connectivity index (χ4v) is 2.85. The third-order valence-electron chi connectivity index (χ3n) is 3.80. The molecule has 0 unspecified atom stereocenters. The highest BCUT2D eigenvalue weighted by atomic mass is 79.9. The van der Waals surface area contributed by atoms with Gasteiger partial charge in [-0.25, -0.2) is 5.43 Å². The number of amides is 2. The van der Waals surface area contributed by atoms with Crippen LogP contribution in [-0.2, 0) is 9.59 Å². The highest BCUT2D eigenvalue weighted by Crippen LogP contribution is 2.22. The van der Waals surface area contributed by atoms with Crippen LogP contribution in [0.25, 0.3) is 0 Å². The van der Waals surface area contributed by atoms with Gasteiger partial charge in [-0.05, 0) is 50.1 Å². The Morgan fingerprint density at radius 3 is 2.64 bits per heavy atom. The highest BCUT2D eigenvalue weighted by Gasteiger charge is 2.10. The predicted octanol–water partition coefficient (Wildman–Crippen LogP) is 4.33. The van der Waals surface area contributed by atoms with E-state index in [9.17, 15) is 9.59 Å². The zero-order chi connectivity index (χ0) is 20.5. The molecule has 2 aromatic rings. The zero-order valence-electron chi connectivity index (χ0n) is 16.2. The van der Waals surface area contributed by atoms with Gasteiger partial charge in [-0.2, -0.15) is 5.10 Å². The van der Waals surface area contributed by atoms with Crippen molar-refractivity contribution >= 4 is 39.6 Å².